The summed E-state index contributed by atoms with van der Waals surface area (Å²) in [4.78, 5) is 0. The van der Waals surface area contributed by atoms with Crippen LogP contribution < -0.4 is 5.32 Å². The first-order valence-electron chi connectivity index (χ1n) is 5.84. The Bertz CT molecular complexity index is 554. The van der Waals surface area contributed by atoms with Crippen molar-refractivity contribution in [2.75, 3.05) is 5.32 Å². The van der Waals surface area contributed by atoms with E-state index in [9.17, 15) is 4.39 Å². The number of benzene rings is 2. The molecule has 0 aliphatic heterocycles. The number of rotatable bonds is 3. The van der Waals surface area contributed by atoms with Crippen LogP contribution in [-0.4, -0.2) is 0 Å². The second kappa shape index (κ2) is 5.53. The molecule has 0 aliphatic carbocycles. The fraction of sp³-hybridized carbons (Fsp3) is 0.200. The Morgan fingerprint density at radius 3 is 2.61 bits per heavy atom. The normalized spacial score (nSPS) is 12.2. The van der Waals surface area contributed by atoms with Gasteiger partial charge in [-0.05, 0) is 49.2 Å². The van der Waals surface area contributed by atoms with Gasteiger partial charge in [0, 0.05) is 10.5 Å². The zero-order chi connectivity index (χ0) is 13.1. The summed E-state index contributed by atoms with van der Waals surface area (Å²) >= 11 is 3.44. The van der Waals surface area contributed by atoms with E-state index in [0.29, 0.717) is 5.69 Å². The molecule has 2 aromatic carbocycles. The molecular weight excluding hydrogens is 293 g/mol. The molecule has 0 spiro atoms. The Morgan fingerprint density at radius 2 is 1.94 bits per heavy atom. The Morgan fingerprint density at radius 1 is 1.17 bits per heavy atom. The highest BCUT2D eigenvalue weighted by atomic mass is 79.9. The van der Waals surface area contributed by atoms with Gasteiger partial charge in [-0.25, -0.2) is 4.39 Å². The summed E-state index contributed by atoms with van der Waals surface area (Å²) in [5.74, 6) is -0.211. The summed E-state index contributed by atoms with van der Waals surface area (Å²) in [5.41, 5.74) is 2.57. The van der Waals surface area contributed by atoms with Crippen LogP contribution in [0.4, 0.5) is 10.1 Å². The van der Waals surface area contributed by atoms with Crippen molar-refractivity contribution in [3.05, 3.63) is 63.9 Å². The lowest BCUT2D eigenvalue weighted by atomic mass is 10.1. The lowest BCUT2D eigenvalue weighted by molar-refractivity contribution is 0.626. The van der Waals surface area contributed by atoms with E-state index in [-0.39, 0.29) is 11.9 Å². The number of aryl methyl sites for hydroxylation is 1. The van der Waals surface area contributed by atoms with Gasteiger partial charge in [-0.3, -0.25) is 0 Å². The smallest absolute Gasteiger partial charge is 0.146 e. The van der Waals surface area contributed by atoms with Gasteiger partial charge in [0.1, 0.15) is 5.82 Å². The Labute approximate surface area is 115 Å². The maximum atomic E-state index is 13.7. The van der Waals surface area contributed by atoms with E-state index in [0.717, 1.165) is 15.6 Å². The van der Waals surface area contributed by atoms with Crippen molar-refractivity contribution in [1.82, 2.24) is 0 Å². The molecule has 0 fully saturated rings. The van der Waals surface area contributed by atoms with Crippen molar-refractivity contribution >= 4 is 21.6 Å². The predicted molar refractivity (Wildman–Crippen MR) is 77.3 cm³/mol. The maximum Gasteiger partial charge on any atom is 0.146 e. The summed E-state index contributed by atoms with van der Waals surface area (Å²) in [6.45, 7) is 3.89. The van der Waals surface area contributed by atoms with Crippen LogP contribution in [0, 0.1) is 12.7 Å². The molecule has 1 nitrogen and oxygen atoms in total. The van der Waals surface area contributed by atoms with E-state index < -0.39 is 0 Å². The number of hydrogen-bond acceptors (Lipinski definition) is 1. The first kappa shape index (κ1) is 13.1. The molecule has 0 saturated carbocycles. The van der Waals surface area contributed by atoms with Gasteiger partial charge in [-0.15, -0.1) is 0 Å². The number of anilines is 1. The number of nitrogens with one attached hydrogen (secondary N) is 1. The minimum Gasteiger partial charge on any atom is -0.376 e. The first-order valence-corrected chi connectivity index (χ1v) is 6.64. The molecule has 1 N–H and O–H groups in total. The van der Waals surface area contributed by atoms with Crippen molar-refractivity contribution in [2.24, 2.45) is 0 Å². The second-order valence-electron chi connectivity index (χ2n) is 4.40. The van der Waals surface area contributed by atoms with Crippen LogP contribution in [-0.2, 0) is 0 Å². The topological polar surface area (TPSA) is 12.0 Å². The van der Waals surface area contributed by atoms with Gasteiger partial charge in [0.15, 0.2) is 0 Å². The molecule has 0 radical (unpaired) electrons. The zero-order valence-corrected chi connectivity index (χ0v) is 12.0. The van der Waals surface area contributed by atoms with E-state index in [1.54, 1.807) is 6.07 Å². The lowest BCUT2D eigenvalue weighted by Crippen LogP contribution is -2.08. The van der Waals surface area contributed by atoms with Crippen molar-refractivity contribution in [3.8, 4) is 0 Å². The van der Waals surface area contributed by atoms with E-state index in [2.05, 4.69) is 21.2 Å². The van der Waals surface area contributed by atoms with Gasteiger partial charge in [0.05, 0.1) is 5.69 Å². The van der Waals surface area contributed by atoms with Crippen LogP contribution in [0.5, 0.6) is 0 Å². The van der Waals surface area contributed by atoms with Crippen molar-refractivity contribution < 1.29 is 4.39 Å². The van der Waals surface area contributed by atoms with Crippen LogP contribution in [0.15, 0.2) is 46.9 Å². The van der Waals surface area contributed by atoms with Gasteiger partial charge < -0.3 is 5.32 Å². The largest absolute Gasteiger partial charge is 0.376 e. The van der Waals surface area contributed by atoms with Crippen molar-refractivity contribution in [2.45, 2.75) is 19.9 Å². The minimum absolute atomic E-state index is 0.0553. The molecule has 0 heterocycles. The Balaban J connectivity index is 2.18. The summed E-state index contributed by atoms with van der Waals surface area (Å²) in [6, 6.07) is 13.3. The molecule has 0 bridgehead atoms. The van der Waals surface area contributed by atoms with Crippen molar-refractivity contribution in [3.63, 3.8) is 0 Å². The molecule has 3 heteroatoms. The third-order valence-corrected chi connectivity index (χ3v) is 3.34. The molecule has 1 unspecified atom stereocenters. The van der Waals surface area contributed by atoms with E-state index >= 15 is 0 Å². The van der Waals surface area contributed by atoms with E-state index in [4.69, 9.17) is 0 Å². The third-order valence-electron chi connectivity index (χ3n) is 2.85. The standard InChI is InChI=1S/C15H15BrFN/c1-10-6-7-15(14(17)8-10)18-11(2)12-4-3-5-13(16)9-12/h3-9,11,18H,1-2H3. The fourth-order valence-electron chi connectivity index (χ4n) is 1.83. The summed E-state index contributed by atoms with van der Waals surface area (Å²) in [6.07, 6.45) is 0. The maximum absolute atomic E-state index is 13.7. The molecule has 2 aromatic rings. The molecule has 0 aromatic heterocycles. The van der Waals surface area contributed by atoms with Crippen LogP contribution >= 0.6 is 15.9 Å². The monoisotopic (exact) mass is 307 g/mol. The second-order valence-corrected chi connectivity index (χ2v) is 5.32. The average molecular weight is 308 g/mol. The van der Waals surface area contributed by atoms with E-state index in [1.165, 1.54) is 6.07 Å². The fourth-order valence-corrected chi connectivity index (χ4v) is 2.25. The van der Waals surface area contributed by atoms with Crippen LogP contribution in [0.25, 0.3) is 0 Å². The molecule has 18 heavy (non-hydrogen) atoms. The molecule has 2 rings (SSSR count). The Kier molecular flexibility index (Phi) is 4.02. The van der Waals surface area contributed by atoms with E-state index in [1.807, 2.05) is 44.2 Å². The van der Waals surface area contributed by atoms with Gasteiger partial charge in [-0.2, -0.15) is 0 Å². The van der Waals surface area contributed by atoms with Crippen LogP contribution in [0.1, 0.15) is 24.1 Å². The molecule has 0 amide bonds. The molecule has 0 aliphatic rings. The molecule has 0 saturated heterocycles. The Hall–Kier alpha value is -1.35. The minimum atomic E-state index is -0.211. The van der Waals surface area contributed by atoms with Crippen LogP contribution in [0.3, 0.4) is 0 Å². The molecular formula is C15H15BrFN. The summed E-state index contributed by atoms with van der Waals surface area (Å²) in [5, 5.41) is 3.19. The lowest BCUT2D eigenvalue weighted by Gasteiger charge is -2.16. The third kappa shape index (κ3) is 3.10. The van der Waals surface area contributed by atoms with Gasteiger partial charge in [-0.1, -0.05) is 34.1 Å². The van der Waals surface area contributed by atoms with Crippen LogP contribution in [0.2, 0.25) is 0 Å². The molecule has 1 atom stereocenters. The summed E-state index contributed by atoms with van der Waals surface area (Å²) in [7, 11) is 0. The zero-order valence-electron chi connectivity index (χ0n) is 10.4. The van der Waals surface area contributed by atoms with Crippen molar-refractivity contribution in [1.29, 1.82) is 0 Å². The number of halogens is 2. The highest BCUT2D eigenvalue weighted by molar-refractivity contribution is 9.10. The predicted octanol–water partition coefficient (Wildman–Crippen LogP) is 5.07. The quantitative estimate of drug-likeness (QED) is 0.834. The first-order chi connectivity index (χ1) is 8.56. The van der Waals surface area contributed by atoms with Gasteiger partial charge in [0.2, 0.25) is 0 Å². The highest BCUT2D eigenvalue weighted by Crippen LogP contribution is 2.24. The summed E-state index contributed by atoms with van der Waals surface area (Å²) < 4.78 is 14.8. The molecule has 94 valence electrons. The van der Waals surface area contributed by atoms with Gasteiger partial charge >= 0.3 is 0 Å². The number of hydrogen-bond donors (Lipinski definition) is 1. The SMILES string of the molecule is Cc1ccc(NC(C)c2cccc(Br)c2)c(F)c1. The highest BCUT2D eigenvalue weighted by Gasteiger charge is 2.08. The average Bonchev–Trinajstić information content (AvgIpc) is 2.32. The van der Waals surface area contributed by atoms with Gasteiger partial charge in [0.25, 0.3) is 0 Å².